The van der Waals surface area contributed by atoms with E-state index < -0.39 is 29.7 Å². The molecule has 8 heteroatoms. The number of hydrogen-bond donors (Lipinski definition) is 1. The monoisotopic (exact) mass is 457 g/mol. The maximum atomic E-state index is 13.1. The van der Waals surface area contributed by atoms with Gasteiger partial charge < -0.3 is 14.8 Å². The molecule has 170 valence electrons. The summed E-state index contributed by atoms with van der Waals surface area (Å²) in [6.07, 6.45) is -1.27. The summed E-state index contributed by atoms with van der Waals surface area (Å²) in [7, 11) is 1.19. The molecule has 0 bridgehead atoms. The summed E-state index contributed by atoms with van der Waals surface area (Å²) >= 11 is 0. The van der Waals surface area contributed by atoms with Gasteiger partial charge in [-0.15, -0.1) is 0 Å². The molecular formula is C26H19NO7. The number of esters is 2. The van der Waals surface area contributed by atoms with Crippen LogP contribution in [0.1, 0.15) is 59.5 Å². The highest BCUT2D eigenvalue weighted by molar-refractivity contribution is 6.30. The first-order chi connectivity index (χ1) is 16.3. The first kappa shape index (κ1) is 22.6. The maximum absolute atomic E-state index is 13.1. The van der Waals surface area contributed by atoms with E-state index in [1.807, 2.05) is 0 Å². The lowest BCUT2D eigenvalue weighted by Crippen LogP contribution is -2.32. The number of amides is 1. The number of nitrogens with one attached hydrogen (secondary N) is 1. The minimum Gasteiger partial charge on any atom is -0.465 e. The second kappa shape index (κ2) is 9.11. The normalized spacial score (nSPS) is 12.8. The molecule has 0 saturated carbocycles. The number of ketones is 2. The summed E-state index contributed by atoms with van der Waals surface area (Å²) in [5, 5.41) is 2.58. The third kappa shape index (κ3) is 3.97. The zero-order valence-corrected chi connectivity index (χ0v) is 18.3. The molecule has 1 amide bonds. The Bertz CT molecular complexity index is 1360. The van der Waals surface area contributed by atoms with E-state index in [1.54, 1.807) is 42.5 Å². The van der Waals surface area contributed by atoms with E-state index in [4.69, 9.17) is 4.74 Å². The fraction of sp³-hybridized carbons (Fsp3) is 0.115. The van der Waals surface area contributed by atoms with Crippen LogP contribution in [0.5, 0.6) is 0 Å². The van der Waals surface area contributed by atoms with Crippen LogP contribution in [0.15, 0.2) is 66.7 Å². The maximum Gasteiger partial charge on any atom is 0.339 e. The molecule has 0 spiro atoms. The van der Waals surface area contributed by atoms with E-state index in [1.165, 1.54) is 38.3 Å². The predicted molar refractivity (Wildman–Crippen MR) is 121 cm³/mol. The summed E-state index contributed by atoms with van der Waals surface area (Å²) in [5.74, 6) is -3.03. The number of hydrogen-bond acceptors (Lipinski definition) is 7. The van der Waals surface area contributed by atoms with Crippen LogP contribution in [0.4, 0.5) is 5.69 Å². The molecule has 0 fully saturated rings. The molecular weight excluding hydrogens is 438 g/mol. The van der Waals surface area contributed by atoms with E-state index in [0.717, 1.165) is 0 Å². The van der Waals surface area contributed by atoms with Crippen molar-refractivity contribution in [3.05, 3.63) is 100 Å². The van der Waals surface area contributed by atoms with Gasteiger partial charge >= 0.3 is 11.9 Å². The number of anilines is 1. The Morgan fingerprint density at radius 3 is 1.94 bits per heavy atom. The number of rotatable bonds is 5. The Morgan fingerprint density at radius 1 is 0.735 bits per heavy atom. The molecule has 3 aromatic carbocycles. The average molecular weight is 457 g/mol. The Hall–Kier alpha value is -4.59. The molecule has 1 N–H and O–H groups in total. The molecule has 34 heavy (non-hydrogen) atoms. The van der Waals surface area contributed by atoms with Crippen molar-refractivity contribution in [3.63, 3.8) is 0 Å². The van der Waals surface area contributed by atoms with Crippen LogP contribution < -0.4 is 5.32 Å². The number of carbonyl (C=O) groups excluding carboxylic acids is 5. The topological polar surface area (TPSA) is 116 Å². The van der Waals surface area contributed by atoms with E-state index in [0.29, 0.717) is 5.56 Å². The van der Waals surface area contributed by atoms with Gasteiger partial charge in [0.1, 0.15) is 0 Å². The van der Waals surface area contributed by atoms with Crippen LogP contribution in [-0.4, -0.2) is 42.6 Å². The summed E-state index contributed by atoms with van der Waals surface area (Å²) in [6.45, 7) is 1.35. The van der Waals surface area contributed by atoms with Gasteiger partial charge in [0, 0.05) is 16.7 Å². The van der Waals surface area contributed by atoms with E-state index in [-0.39, 0.29) is 39.3 Å². The van der Waals surface area contributed by atoms with Gasteiger partial charge in [-0.1, -0.05) is 48.5 Å². The lowest BCUT2D eigenvalue weighted by molar-refractivity contribution is -0.123. The predicted octanol–water partition coefficient (Wildman–Crippen LogP) is 3.43. The van der Waals surface area contributed by atoms with E-state index in [9.17, 15) is 24.0 Å². The standard InChI is InChI=1S/C26H19NO7/c1-14(34-26(32)18-11-6-5-10-17(18)25(31)33-2)24(30)27-20-13-7-12-19-21(20)23(29)16-9-4-3-8-15(16)22(19)28/h3-14H,1-2H3,(H,27,30). The van der Waals surface area contributed by atoms with Crippen LogP contribution in [0.3, 0.4) is 0 Å². The fourth-order valence-corrected chi connectivity index (χ4v) is 3.71. The van der Waals surface area contributed by atoms with Crippen molar-refractivity contribution in [2.45, 2.75) is 13.0 Å². The van der Waals surface area contributed by atoms with Gasteiger partial charge in [0.25, 0.3) is 5.91 Å². The highest BCUT2D eigenvalue weighted by Gasteiger charge is 2.32. The molecule has 0 heterocycles. The van der Waals surface area contributed by atoms with E-state index in [2.05, 4.69) is 10.1 Å². The van der Waals surface area contributed by atoms with Gasteiger partial charge in [-0.2, -0.15) is 0 Å². The number of fused-ring (bicyclic) bond motifs is 2. The van der Waals surface area contributed by atoms with Crippen molar-refractivity contribution in [2.24, 2.45) is 0 Å². The molecule has 1 aliphatic rings. The molecule has 0 aliphatic heterocycles. The summed E-state index contributed by atoms with van der Waals surface area (Å²) in [4.78, 5) is 63.3. The molecule has 1 unspecified atom stereocenters. The third-order valence-electron chi connectivity index (χ3n) is 5.42. The van der Waals surface area contributed by atoms with Gasteiger partial charge in [0.05, 0.1) is 29.5 Å². The Kier molecular flexibility index (Phi) is 6.05. The highest BCUT2D eigenvalue weighted by atomic mass is 16.5. The van der Waals surface area contributed by atoms with Crippen LogP contribution in [-0.2, 0) is 14.3 Å². The van der Waals surface area contributed by atoms with Gasteiger partial charge in [0.2, 0.25) is 0 Å². The third-order valence-corrected chi connectivity index (χ3v) is 5.42. The molecule has 1 aliphatic carbocycles. The lowest BCUT2D eigenvalue weighted by atomic mass is 9.83. The summed E-state index contributed by atoms with van der Waals surface area (Å²) < 4.78 is 9.91. The number of carbonyl (C=O) groups is 5. The first-order valence-electron chi connectivity index (χ1n) is 10.3. The van der Waals surface area contributed by atoms with Crippen molar-refractivity contribution in [1.29, 1.82) is 0 Å². The van der Waals surface area contributed by atoms with E-state index >= 15 is 0 Å². The summed E-state index contributed by atoms with van der Waals surface area (Å²) in [5.41, 5.74) is 0.891. The Morgan fingerprint density at radius 2 is 1.29 bits per heavy atom. The SMILES string of the molecule is COC(=O)c1ccccc1C(=O)OC(C)C(=O)Nc1cccc2c1C(=O)c1ccccc1C2=O. The number of benzene rings is 3. The highest BCUT2D eigenvalue weighted by Crippen LogP contribution is 2.32. The molecule has 4 rings (SSSR count). The zero-order valence-electron chi connectivity index (χ0n) is 18.3. The average Bonchev–Trinajstić information content (AvgIpc) is 2.86. The van der Waals surface area contributed by atoms with Crippen molar-refractivity contribution in [3.8, 4) is 0 Å². The van der Waals surface area contributed by atoms with Gasteiger partial charge in [-0.05, 0) is 25.1 Å². The molecule has 3 aromatic rings. The van der Waals surface area contributed by atoms with Crippen molar-refractivity contribution < 1.29 is 33.4 Å². The van der Waals surface area contributed by atoms with Gasteiger partial charge in [-0.3, -0.25) is 14.4 Å². The Balaban J connectivity index is 1.56. The molecule has 0 saturated heterocycles. The summed E-state index contributed by atoms with van der Waals surface area (Å²) in [6, 6.07) is 16.9. The van der Waals surface area contributed by atoms with Crippen molar-refractivity contribution in [1.82, 2.24) is 0 Å². The number of methoxy groups -OCH3 is 1. The van der Waals surface area contributed by atoms with Gasteiger partial charge in [0.15, 0.2) is 17.7 Å². The molecule has 1 atom stereocenters. The van der Waals surface area contributed by atoms with Crippen LogP contribution >= 0.6 is 0 Å². The largest absolute Gasteiger partial charge is 0.465 e. The Labute approximate surface area is 194 Å². The molecule has 0 radical (unpaired) electrons. The minimum absolute atomic E-state index is 0.00233. The van der Waals surface area contributed by atoms with Crippen molar-refractivity contribution >= 4 is 35.1 Å². The second-order valence-corrected chi connectivity index (χ2v) is 7.51. The smallest absolute Gasteiger partial charge is 0.339 e. The van der Waals surface area contributed by atoms with Gasteiger partial charge in [-0.25, -0.2) is 9.59 Å². The zero-order chi connectivity index (χ0) is 24.4. The van der Waals surface area contributed by atoms with Crippen molar-refractivity contribution in [2.75, 3.05) is 12.4 Å². The quantitative estimate of drug-likeness (QED) is 0.457. The number of ether oxygens (including phenoxy) is 2. The van der Waals surface area contributed by atoms with Crippen LogP contribution in [0, 0.1) is 0 Å². The fourth-order valence-electron chi connectivity index (χ4n) is 3.71. The first-order valence-corrected chi connectivity index (χ1v) is 10.3. The van der Waals surface area contributed by atoms with Crippen LogP contribution in [0.2, 0.25) is 0 Å². The minimum atomic E-state index is -1.27. The second-order valence-electron chi connectivity index (χ2n) is 7.51. The molecule has 0 aromatic heterocycles. The lowest BCUT2D eigenvalue weighted by Gasteiger charge is -2.21. The molecule has 8 nitrogen and oxygen atoms in total. The van der Waals surface area contributed by atoms with Crippen LogP contribution in [0.25, 0.3) is 0 Å².